The van der Waals surface area contributed by atoms with Crippen LogP contribution in [0.15, 0.2) is 64.1 Å². The highest BCUT2D eigenvalue weighted by atomic mass is 19.1. The minimum Gasteiger partial charge on any atom is -0.455 e. The molecule has 1 amide bonds. The van der Waals surface area contributed by atoms with E-state index in [4.69, 9.17) is 4.42 Å². The zero-order valence-electron chi connectivity index (χ0n) is 15.6. The number of halogens is 1. The van der Waals surface area contributed by atoms with Gasteiger partial charge in [0.25, 0.3) is 5.69 Å². The second-order valence-corrected chi connectivity index (χ2v) is 6.26. The maximum absolute atomic E-state index is 13.3. The molecule has 0 atom stereocenters. The molecule has 0 radical (unpaired) electrons. The van der Waals surface area contributed by atoms with E-state index in [1.165, 1.54) is 23.9 Å². The lowest BCUT2D eigenvalue weighted by Crippen LogP contribution is -2.19. The average Bonchev–Trinajstić information content (AvgIpc) is 3.17. The number of hydrazone groups is 1. The molecule has 8 heteroatoms. The van der Waals surface area contributed by atoms with Crippen LogP contribution in [0.3, 0.4) is 0 Å². The van der Waals surface area contributed by atoms with Crippen LogP contribution in [0.25, 0.3) is 11.3 Å². The molecule has 0 fully saturated rings. The lowest BCUT2D eigenvalue weighted by molar-refractivity contribution is -0.384. The Morgan fingerprint density at radius 1 is 1.17 bits per heavy atom. The summed E-state index contributed by atoms with van der Waals surface area (Å²) in [5.41, 5.74) is 4.23. The van der Waals surface area contributed by atoms with Crippen molar-refractivity contribution in [2.24, 2.45) is 5.10 Å². The normalized spacial score (nSPS) is 11.0. The van der Waals surface area contributed by atoms with Crippen LogP contribution < -0.4 is 5.43 Å². The third-order valence-corrected chi connectivity index (χ3v) is 4.23. The number of amides is 1. The van der Waals surface area contributed by atoms with Gasteiger partial charge in [0.2, 0.25) is 5.91 Å². The van der Waals surface area contributed by atoms with Gasteiger partial charge in [0.15, 0.2) is 0 Å². The molecule has 0 aliphatic heterocycles. The van der Waals surface area contributed by atoms with Crippen molar-refractivity contribution in [2.45, 2.75) is 19.8 Å². The van der Waals surface area contributed by atoms with E-state index in [0.29, 0.717) is 0 Å². The SMILES string of the molecule is CCc1ccc(CC(=O)N/N=C\c2ccc(-c3ccc(F)cc3[N+](=O)[O-])o2)cc1. The molecule has 0 unspecified atom stereocenters. The number of benzene rings is 2. The summed E-state index contributed by atoms with van der Waals surface area (Å²) in [6.45, 7) is 2.06. The van der Waals surface area contributed by atoms with Crippen LogP contribution >= 0.6 is 0 Å². The Kier molecular flexibility index (Phi) is 6.13. The van der Waals surface area contributed by atoms with Crippen molar-refractivity contribution in [3.63, 3.8) is 0 Å². The largest absolute Gasteiger partial charge is 0.455 e. The minimum absolute atomic E-state index is 0.149. The first kappa shape index (κ1) is 19.9. The summed E-state index contributed by atoms with van der Waals surface area (Å²) in [7, 11) is 0. The number of nitrogens with one attached hydrogen (secondary N) is 1. The van der Waals surface area contributed by atoms with E-state index < -0.39 is 16.4 Å². The zero-order valence-corrected chi connectivity index (χ0v) is 15.6. The highest BCUT2D eigenvalue weighted by Gasteiger charge is 2.19. The van der Waals surface area contributed by atoms with E-state index >= 15 is 0 Å². The Balaban J connectivity index is 1.63. The number of nitro groups is 1. The van der Waals surface area contributed by atoms with Gasteiger partial charge in [-0.05, 0) is 41.8 Å². The van der Waals surface area contributed by atoms with Crippen molar-refractivity contribution >= 4 is 17.8 Å². The fourth-order valence-corrected chi connectivity index (χ4v) is 2.72. The molecule has 1 N–H and O–H groups in total. The lowest BCUT2D eigenvalue weighted by Gasteiger charge is -2.02. The second kappa shape index (κ2) is 8.92. The minimum atomic E-state index is -0.708. The first-order valence-electron chi connectivity index (χ1n) is 8.90. The van der Waals surface area contributed by atoms with Gasteiger partial charge in [-0.25, -0.2) is 9.82 Å². The van der Waals surface area contributed by atoms with Gasteiger partial charge in [-0.15, -0.1) is 0 Å². The van der Waals surface area contributed by atoms with Gasteiger partial charge in [0.1, 0.15) is 17.3 Å². The van der Waals surface area contributed by atoms with Crippen molar-refractivity contribution in [3.05, 3.63) is 87.4 Å². The van der Waals surface area contributed by atoms with E-state index in [-0.39, 0.29) is 29.4 Å². The molecule has 0 bridgehead atoms. The third-order valence-electron chi connectivity index (χ3n) is 4.23. The van der Waals surface area contributed by atoms with Crippen LogP contribution in [0.5, 0.6) is 0 Å². The van der Waals surface area contributed by atoms with Gasteiger partial charge in [-0.2, -0.15) is 5.10 Å². The Morgan fingerprint density at radius 2 is 1.90 bits per heavy atom. The quantitative estimate of drug-likeness (QED) is 0.367. The van der Waals surface area contributed by atoms with Gasteiger partial charge in [0, 0.05) is 0 Å². The average molecular weight is 395 g/mol. The topological polar surface area (TPSA) is 97.7 Å². The molecule has 7 nitrogen and oxygen atoms in total. The highest BCUT2D eigenvalue weighted by molar-refractivity contribution is 5.82. The molecule has 3 aromatic rings. The fourth-order valence-electron chi connectivity index (χ4n) is 2.72. The predicted octanol–water partition coefficient (Wildman–Crippen LogP) is 4.25. The van der Waals surface area contributed by atoms with Gasteiger partial charge >= 0.3 is 0 Å². The maximum atomic E-state index is 13.3. The number of rotatable bonds is 7. The van der Waals surface area contributed by atoms with E-state index in [2.05, 4.69) is 17.5 Å². The molecule has 0 spiro atoms. The monoisotopic (exact) mass is 395 g/mol. The predicted molar refractivity (Wildman–Crippen MR) is 106 cm³/mol. The third kappa shape index (κ3) is 5.13. The van der Waals surface area contributed by atoms with Gasteiger partial charge in [-0.1, -0.05) is 31.2 Å². The number of aryl methyl sites for hydroxylation is 1. The first-order chi connectivity index (χ1) is 14.0. The molecule has 0 saturated heterocycles. The molecule has 3 rings (SSSR count). The number of carbonyl (C=O) groups excluding carboxylic acids is 1. The van der Waals surface area contributed by atoms with Gasteiger partial charge in [-0.3, -0.25) is 14.9 Å². The molecule has 0 saturated carbocycles. The molecular weight excluding hydrogens is 377 g/mol. The molecule has 1 aromatic heterocycles. The van der Waals surface area contributed by atoms with Crippen LogP contribution in [0.1, 0.15) is 23.8 Å². The molecule has 0 aliphatic carbocycles. The van der Waals surface area contributed by atoms with Gasteiger partial charge < -0.3 is 4.42 Å². The standard InChI is InChI=1S/C21H18FN3O4/c1-2-14-3-5-15(6-4-14)11-21(26)24-23-13-17-8-10-20(29-17)18-9-7-16(22)12-19(18)25(27)28/h3-10,12-13H,2,11H2,1H3,(H,24,26)/b23-13-. The number of furan rings is 1. The molecule has 29 heavy (non-hydrogen) atoms. The summed E-state index contributed by atoms with van der Waals surface area (Å²) < 4.78 is 18.8. The van der Waals surface area contributed by atoms with Crippen LogP contribution in [0, 0.1) is 15.9 Å². The van der Waals surface area contributed by atoms with Crippen LogP contribution in [0.4, 0.5) is 10.1 Å². The maximum Gasteiger partial charge on any atom is 0.283 e. The van der Waals surface area contributed by atoms with E-state index in [9.17, 15) is 19.3 Å². The highest BCUT2D eigenvalue weighted by Crippen LogP contribution is 2.31. The van der Waals surface area contributed by atoms with Crippen LogP contribution in [0.2, 0.25) is 0 Å². The van der Waals surface area contributed by atoms with Crippen molar-refractivity contribution in [1.82, 2.24) is 5.43 Å². The summed E-state index contributed by atoms with van der Waals surface area (Å²) in [6, 6.07) is 14.0. The Hall–Kier alpha value is -3.81. The van der Waals surface area contributed by atoms with Crippen LogP contribution in [-0.4, -0.2) is 17.0 Å². The Bertz CT molecular complexity index is 1060. The smallest absolute Gasteiger partial charge is 0.283 e. The number of nitro benzene ring substituents is 1. The van der Waals surface area contributed by atoms with Crippen molar-refractivity contribution in [2.75, 3.05) is 0 Å². The Labute approximate surface area is 166 Å². The first-order valence-corrected chi connectivity index (χ1v) is 8.90. The number of carbonyl (C=O) groups is 1. The summed E-state index contributed by atoms with van der Waals surface area (Å²) in [5, 5.41) is 14.9. The van der Waals surface area contributed by atoms with Crippen LogP contribution in [-0.2, 0) is 17.6 Å². The molecule has 2 aromatic carbocycles. The Morgan fingerprint density at radius 3 is 2.59 bits per heavy atom. The summed E-state index contributed by atoms with van der Waals surface area (Å²) in [6.07, 6.45) is 2.41. The molecule has 1 heterocycles. The summed E-state index contributed by atoms with van der Waals surface area (Å²) in [4.78, 5) is 22.4. The molecular formula is C21H18FN3O4. The zero-order chi connectivity index (χ0) is 20.8. The number of hydrogen-bond acceptors (Lipinski definition) is 5. The number of nitrogens with zero attached hydrogens (tertiary/aromatic N) is 2. The number of hydrogen-bond donors (Lipinski definition) is 1. The van der Waals surface area contributed by atoms with Gasteiger partial charge in [0.05, 0.1) is 29.2 Å². The van der Waals surface area contributed by atoms with E-state index in [1.54, 1.807) is 6.07 Å². The fraction of sp³-hybridized carbons (Fsp3) is 0.143. The van der Waals surface area contributed by atoms with E-state index in [0.717, 1.165) is 24.1 Å². The molecule has 148 valence electrons. The molecule has 0 aliphatic rings. The van der Waals surface area contributed by atoms with Crippen molar-refractivity contribution in [3.8, 4) is 11.3 Å². The van der Waals surface area contributed by atoms with Crippen molar-refractivity contribution in [1.29, 1.82) is 0 Å². The lowest BCUT2D eigenvalue weighted by atomic mass is 10.1. The van der Waals surface area contributed by atoms with Crippen molar-refractivity contribution < 1.29 is 18.5 Å². The second-order valence-electron chi connectivity index (χ2n) is 6.26. The summed E-state index contributed by atoms with van der Waals surface area (Å²) >= 11 is 0. The summed E-state index contributed by atoms with van der Waals surface area (Å²) in [5.74, 6) is -0.515. The van der Waals surface area contributed by atoms with E-state index in [1.807, 2.05) is 24.3 Å².